The molecule has 0 aliphatic rings. The van der Waals surface area contributed by atoms with Gasteiger partial charge in [0, 0.05) is 6.42 Å². The molecule has 2 aromatic carbocycles. The van der Waals surface area contributed by atoms with Gasteiger partial charge in [0.15, 0.2) is 0 Å². The van der Waals surface area contributed by atoms with E-state index in [2.05, 4.69) is 0 Å². The molecule has 1 atom stereocenters. The summed E-state index contributed by atoms with van der Waals surface area (Å²) in [6, 6.07) is 14.4. The van der Waals surface area contributed by atoms with Gasteiger partial charge in [-0.1, -0.05) is 36.4 Å². The highest BCUT2D eigenvalue weighted by atomic mass is 19.1. The molecule has 0 aliphatic carbocycles. The Morgan fingerprint density at radius 2 is 1.78 bits per heavy atom. The van der Waals surface area contributed by atoms with E-state index in [1.54, 1.807) is 6.92 Å². The Morgan fingerprint density at radius 3 is 2.39 bits per heavy atom. The van der Waals surface area contributed by atoms with Crippen molar-refractivity contribution in [2.75, 3.05) is 0 Å². The summed E-state index contributed by atoms with van der Waals surface area (Å²) < 4.78 is 13.4. The average Bonchev–Trinajstić information content (AvgIpc) is 2.28. The molecule has 94 valence electrons. The van der Waals surface area contributed by atoms with Gasteiger partial charge in [-0.05, 0) is 42.7 Å². The lowest BCUT2D eigenvalue weighted by molar-refractivity contribution is 0.0572. The molecule has 0 aromatic heterocycles. The highest BCUT2D eigenvalue weighted by molar-refractivity contribution is 5.30. The maximum atomic E-state index is 13.4. The van der Waals surface area contributed by atoms with Crippen molar-refractivity contribution in [2.45, 2.75) is 25.9 Å². The van der Waals surface area contributed by atoms with E-state index in [4.69, 9.17) is 0 Å². The minimum atomic E-state index is -1.06. The Bertz CT molecular complexity index is 512. The maximum absolute atomic E-state index is 13.4. The Morgan fingerprint density at radius 1 is 1.11 bits per heavy atom. The molecule has 0 fully saturated rings. The van der Waals surface area contributed by atoms with Gasteiger partial charge in [0.2, 0.25) is 0 Å². The van der Waals surface area contributed by atoms with E-state index < -0.39 is 5.60 Å². The summed E-state index contributed by atoms with van der Waals surface area (Å²) >= 11 is 0. The van der Waals surface area contributed by atoms with Gasteiger partial charge in [-0.25, -0.2) is 4.39 Å². The Hall–Kier alpha value is -1.67. The SMILES string of the molecule is Cc1cc(F)cc(C(C)(O)Cc2ccccc2)c1. The fourth-order valence-electron chi connectivity index (χ4n) is 2.14. The first-order chi connectivity index (χ1) is 8.47. The van der Waals surface area contributed by atoms with Crippen molar-refractivity contribution in [1.82, 2.24) is 0 Å². The fourth-order valence-corrected chi connectivity index (χ4v) is 2.14. The molecular weight excluding hydrogens is 227 g/mol. The van der Waals surface area contributed by atoms with Gasteiger partial charge < -0.3 is 5.11 Å². The van der Waals surface area contributed by atoms with Gasteiger partial charge >= 0.3 is 0 Å². The number of aliphatic hydroxyl groups is 1. The summed E-state index contributed by atoms with van der Waals surface area (Å²) in [7, 11) is 0. The predicted molar refractivity (Wildman–Crippen MR) is 70.9 cm³/mol. The highest BCUT2D eigenvalue weighted by Crippen LogP contribution is 2.26. The van der Waals surface area contributed by atoms with Crippen molar-refractivity contribution in [3.05, 3.63) is 71.0 Å². The molecule has 0 bridgehead atoms. The molecule has 18 heavy (non-hydrogen) atoms. The molecule has 2 rings (SSSR count). The van der Waals surface area contributed by atoms with Crippen LogP contribution in [0, 0.1) is 12.7 Å². The molecule has 0 spiro atoms. The van der Waals surface area contributed by atoms with Gasteiger partial charge in [-0.3, -0.25) is 0 Å². The van der Waals surface area contributed by atoms with Crippen LogP contribution in [0.15, 0.2) is 48.5 Å². The summed E-state index contributed by atoms with van der Waals surface area (Å²) in [5.41, 5.74) is 1.40. The lowest BCUT2D eigenvalue weighted by Crippen LogP contribution is -2.24. The first kappa shape index (κ1) is 12.8. The molecular formula is C16H17FO. The van der Waals surface area contributed by atoms with Crippen molar-refractivity contribution in [3.8, 4) is 0 Å². The van der Waals surface area contributed by atoms with Crippen LogP contribution in [0.4, 0.5) is 4.39 Å². The molecule has 0 saturated carbocycles. The van der Waals surface area contributed by atoms with Crippen LogP contribution < -0.4 is 0 Å². The molecule has 2 aromatic rings. The van der Waals surface area contributed by atoms with E-state index >= 15 is 0 Å². The molecule has 0 heterocycles. The minimum absolute atomic E-state index is 0.307. The van der Waals surface area contributed by atoms with Crippen molar-refractivity contribution >= 4 is 0 Å². The van der Waals surface area contributed by atoms with Gasteiger partial charge in [0.05, 0.1) is 5.60 Å². The lowest BCUT2D eigenvalue weighted by atomic mass is 9.88. The summed E-state index contributed by atoms with van der Waals surface area (Å²) in [6.07, 6.45) is 0.469. The van der Waals surface area contributed by atoms with Gasteiger partial charge in [-0.2, -0.15) is 0 Å². The van der Waals surface area contributed by atoms with Crippen LogP contribution in [0.3, 0.4) is 0 Å². The third-order valence-corrected chi connectivity index (χ3v) is 3.06. The molecule has 0 saturated heterocycles. The van der Waals surface area contributed by atoms with Crippen LogP contribution in [0.2, 0.25) is 0 Å². The summed E-state index contributed by atoms with van der Waals surface area (Å²) in [4.78, 5) is 0. The maximum Gasteiger partial charge on any atom is 0.123 e. The van der Waals surface area contributed by atoms with E-state index in [1.807, 2.05) is 43.3 Å². The zero-order valence-corrected chi connectivity index (χ0v) is 10.7. The van der Waals surface area contributed by atoms with Crippen LogP contribution >= 0.6 is 0 Å². The number of rotatable bonds is 3. The zero-order chi connectivity index (χ0) is 13.2. The lowest BCUT2D eigenvalue weighted by Gasteiger charge is -2.24. The minimum Gasteiger partial charge on any atom is -0.385 e. The third kappa shape index (κ3) is 2.96. The van der Waals surface area contributed by atoms with Gasteiger partial charge in [-0.15, -0.1) is 0 Å². The fraction of sp³-hybridized carbons (Fsp3) is 0.250. The molecule has 0 aliphatic heterocycles. The molecule has 1 N–H and O–H groups in total. The van der Waals surface area contributed by atoms with Crippen molar-refractivity contribution < 1.29 is 9.50 Å². The quantitative estimate of drug-likeness (QED) is 0.875. The second-order valence-corrected chi connectivity index (χ2v) is 4.95. The summed E-state index contributed by atoms with van der Waals surface area (Å²) in [5.74, 6) is -0.307. The topological polar surface area (TPSA) is 20.2 Å². The molecule has 2 heteroatoms. The normalized spacial score (nSPS) is 14.2. The third-order valence-electron chi connectivity index (χ3n) is 3.06. The number of halogens is 1. The van der Waals surface area contributed by atoms with E-state index in [1.165, 1.54) is 12.1 Å². The van der Waals surface area contributed by atoms with Crippen LogP contribution in [0.25, 0.3) is 0 Å². The Balaban J connectivity index is 2.30. The summed E-state index contributed by atoms with van der Waals surface area (Å²) in [6.45, 7) is 3.54. The predicted octanol–water partition coefficient (Wildman–Crippen LogP) is 3.58. The van der Waals surface area contributed by atoms with E-state index in [9.17, 15) is 9.50 Å². The van der Waals surface area contributed by atoms with Crippen molar-refractivity contribution in [3.63, 3.8) is 0 Å². The second kappa shape index (κ2) is 4.91. The van der Waals surface area contributed by atoms with E-state index in [-0.39, 0.29) is 5.82 Å². The van der Waals surface area contributed by atoms with Crippen molar-refractivity contribution in [1.29, 1.82) is 0 Å². The molecule has 0 radical (unpaired) electrons. The summed E-state index contributed by atoms with van der Waals surface area (Å²) in [5, 5.41) is 10.5. The number of benzene rings is 2. The second-order valence-electron chi connectivity index (χ2n) is 4.95. The number of aryl methyl sites for hydroxylation is 1. The van der Waals surface area contributed by atoms with Crippen LogP contribution in [0.1, 0.15) is 23.6 Å². The molecule has 1 nitrogen and oxygen atoms in total. The highest BCUT2D eigenvalue weighted by Gasteiger charge is 2.24. The van der Waals surface area contributed by atoms with Gasteiger partial charge in [0.25, 0.3) is 0 Å². The van der Waals surface area contributed by atoms with Crippen LogP contribution in [-0.4, -0.2) is 5.11 Å². The van der Waals surface area contributed by atoms with Gasteiger partial charge in [0.1, 0.15) is 5.82 Å². The smallest absolute Gasteiger partial charge is 0.123 e. The zero-order valence-electron chi connectivity index (χ0n) is 10.7. The Labute approximate surface area is 107 Å². The van der Waals surface area contributed by atoms with E-state index in [0.29, 0.717) is 12.0 Å². The van der Waals surface area contributed by atoms with E-state index in [0.717, 1.165) is 11.1 Å². The average molecular weight is 244 g/mol. The number of hydrogen-bond acceptors (Lipinski definition) is 1. The first-order valence-corrected chi connectivity index (χ1v) is 6.01. The molecule has 1 unspecified atom stereocenters. The molecule has 0 amide bonds. The number of hydrogen-bond donors (Lipinski definition) is 1. The Kier molecular flexibility index (Phi) is 3.48. The first-order valence-electron chi connectivity index (χ1n) is 6.01. The van der Waals surface area contributed by atoms with Crippen LogP contribution in [0.5, 0.6) is 0 Å². The monoisotopic (exact) mass is 244 g/mol. The van der Waals surface area contributed by atoms with Crippen LogP contribution in [-0.2, 0) is 12.0 Å². The standard InChI is InChI=1S/C16H17FO/c1-12-8-14(10-15(17)9-12)16(2,18)11-13-6-4-3-5-7-13/h3-10,18H,11H2,1-2H3. The largest absolute Gasteiger partial charge is 0.385 e. The van der Waals surface area contributed by atoms with Crippen molar-refractivity contribution in [2.24, 2.45) is 0 Å².